The highest BCUT2D eigenvalue weighted by molar-refractivity contribution is 6.35. The molecule has 4 heteroatoms. The summed E-state index contributed by atoms with van der Waals surface area (Å²) >= 11 is 12.6. The van der Waals surface area contributed by atoms with Gasteiger partial charge in [-0.25, -0.2) is 4.98 Å². The van der Waals surface area contributed by atoms with Gasteiger partial charge in [-0.3, -0.25) is 0 Å². The lowest BCUT2D eigenvalue weighted by Crippen LogP contribution is -2.10. The largest absolute Gasteiger partial charge is 0.324 e. The zero-order valence-corrected chi connectivity index (χ0v) is 14.6. The Balaban J connectivity index is 2.32. The number of fused-ring (bicyclic) bond motifs is 1. The van der Waals surface area contributed by atoms with Gasteiger partial charge in [0.05, 0.1) is 15.9 Å². The summed E-state index contributed by atoms with van der Waals surface area (Å²) in [7, 11) is 0. The molecule has 21 heavy (non-hydrogen) atoms. The lowest BCUT2D eigenvalue weighted by molar-refractivity contribution is 0.468. The zero-order chi connectivity index (χ0) is 15.4. The number of imidazole rings is 1. The second-order valence-corrected chi connectivity index (χ2v) is 6.82. The van der Waals surface area contributed by atoms with Crippen LogP contribution in [0.4, 0.5) is 0 Å². The lowest BCUT2D eigenvalue weighted by atomic mass is 10.1. The standard InChI is InChI=1S/C17H24Cl2N2/c1-4-5-6-7-9-12(2)21-15-11-8-10-14(19)16(15)20-17(21)13(3)18/h8,10-13H,4-7,9H2,1-3H3. The van der Waals surface area contributed by atoms with Crippen LogP contribution in [-0.2, 0) is 0 Å². The van der Waals surface area contributed by atoms with Gasteiger partial charge in [-0.15, -0.1) is 11.6 Å². The number of unbranched alkanes of at least 4 members (excludes halogenated alkanes) is 3. The van der Waals surface area contributed by atoms with Gasteiger partial charge in [0.15, 0.2) is 0 Å². The first-order valence-electron chi connectivity index (χ1n) is 7.86. The van der Waals surface area contributed by atoms with Gasteiger partial charge in [0, 0.05) is 6.04 Å². The van der Waals surface area contributed by atoms with Crippen molar-refractivity contribution in [1.29, 1.82) is 0 Å². The summed E-state index contributed by atoms with van der Waals surface area (Å²) in [5.41, 5.74) is 1.95. The fourth-order valence-corrected chi connectivity index (χ4v) is 3.21. The van der Waals surface area contributed by atoms with E-state index in [1.54, 1.807) is 0 Å². The minimum Gasteiger partial charge on any atom is -0.324 e. The maximum absolute atomic E-state index is 6.33. The van der Waals surface area contributed by atoms with Crippen LogP contribution < -0.4 is 0 Å². The van der Waals surface area contributed by atoms with E-state index in [4.69, 9.17) is 23.2 Å². The van der Waals surface area contributed by atoms with Crippen molar-refractivity contribution in [3.8, 4) is 0 Å². The number of rotatable bonds is 7. The van der Waals surface area contributed by atoms with Crippen LogP contribution in [-0.4, -0.2) is 9.55 Å². The average molecular weight is 327 g/mol. The van der Waals surface area contributed by atoms with Crippen molar-refractivity contribution < 1.29 is 0 Å². The van der Waals surface area contributed by atoms with E-state index in [1.165, 1.54) is 25.7 Å². The highest BCUT2D eigenvalue weighted by Crippen LogP contribution is 2.32. The summed E-state index contributed by atoms with van der Waals surface area (Å²) in [6.07, 6.45) is 6.25. The molecule has 116 valence electrons. The topological polar surface area (TPSA) is 17.8 Å². The number of nitrogens with zero attached hydrogens (tertiary/aromatic N) is 2. The van der Waals surface area contributed by atoms with Crippen LogP contribution in [0.15, 0.2) is 18.2 Å². The molecule has 0 aliphatic carbocycles. The molecule has 0 saturated heterocycles. The molecular weight excluding hydrogens is 303 g/mol. The Morgan fingerprint density at radius 1 is 1.19 bits per heavy atom. The molecule has 2 atom stereocenters. The minimum atomic E-state index is -0.119. The molecule has 0 saturated carbocycles. The van der Waals surface area contributed by atoms with Crippen molar-refractivity contribution in [1.82, 2.24) is 9.55 Å². The Hall–Kier alpha value is -0.730. The van der Waals surface area contributed by atoms with Crippen LogP contribution in [0.25, 0.3) is 11.0 Å². The molecule has 2 rings (SSSR count). The summed E-state index contributed by atoms with van der Waals surface area (Å²) < 4.78 is 2.27. The maximum Gasteiger partial charge on any atom is 0.128 e. The van der Waals surface area contributed by atoms with Gasteiger partial charge in [0.25, 0.3) is 0 Å². The molecule has 0 aliphatic heterocycles. The molecule has 0 spiro atoms. The molecule has 1 aromatic heterocycles. The minimum absolute atomic E-state index is 0.119. The first kappa shape index (κ1) is 16.6. The summed E-state index contributed by atoms with van der Waals surface area (Å²) in [6.45, 7) is 6.45. The molecule has 0 N–H and O–H groups in total. The summed E-state index contributed by atoms with van der Waals surface area (Å²) in [5.74, 6) is 0.919. The van der Waals surface area contributed by atoms with E-state index in [1.807, 2.05) is 19.1 Å². The summed E-state index contributed by atoms with van der Waals surface area (Å²) in [4.78, 5) is 4.68. The van der Waals surface area contributed by atoms with Crippen molar-refractivity contribution in [3.05, 3.63) is 29.0 Å². The molecule has 2 nitrogen and oxygen atoms in total. The van der Waals surface area contributed by atoms with Crippen LogP contribution in [0.3, 0.4) is 0 Å². The second-order valence-electron chi connectivity index (χ2n) is 5.76. The Kier molecular flexibility index (Phi) is 5.95. The number of alkyl halides is 1. The average Bonchev–Trinajstić information content (AvgIpc) is 2.84. The van der Waals surface area contributed by atoms with Crippen LogP contribution in [0.2, 0.25) is 5.02 Å². The van der Waals surface area contributed by atoms with Crippen molar-refractivity contribution in [3.63, 3.8) is 0 Å². The third-order valence-corrected chi connectivity index (χ3v) is 4.47. The van der Waals surface area contributed by atoms with Crippen molar-refractivity contribution in [2.75, 3.05) is 0 Å². The van der Waals surface area contributed by atoms with Crippen molar-refractivity contribution in [2.45, 2.75) is 64.3 Å². The molecule has 1 aromatic carbocycles. The molecule has 1 heterocycles. The smallest absolute Gasteiger partial charge is 0.128 e. The van der Waals surface area contributed by atoms with E-state index in [0.717, 1.165) is 23.3 Å². The molecule has 0 radical (unpaired) electrons. The van der Waals surface area contributed by atoms with Gasteiger partial charge in [-0.2, -0.15) is 0 Å². The quantitative estimate of drug-likeness (QED) is 0.418. The fourth-order valence-electron chi connectivity index (χ4n) is 2.84. The third-order valence-electron chi connectivity index (χ3n) is 3.97. The van der Waals surface area contributed by atoms with Crippen molar-refractivity contribution in [2.24, 2.45) is 0 Å². The van der Waals surface area contributed by atoms with E-state index in [0.29, 0.717) is 11.1 Å². The van der Waals surface area contributed by atoms with Crippen LogP contribution >= 0.6 is 23.2 Å². The van der Waals surface area contributed by atoms with E-state index in [-0.39, 0.29) is 5.38 Å². The highest BCUT2D eigenvalue weighted by atomic mass is 35.5. The first-order valence-corrected chi connectivity index (χ1v) is 8.68. The predicted octanol–water partition coefficient (Wildman–Crippen LogP) is 6.52. The highest BCUT2D eigenvalue weighted by Gasteiger charge is 2.19. The van der Waals surface area contributed by atoms with Gasteiger partial charge in [0.1, 0.15) is 11.3 Å². The molecule has 0 bridgehead atoms. The predicted molar refractivity (Wildman–Crippen MR) is 92.5 cm³/mol. The fraction of sp³-hybridized carbons (Fsp3) is 0.588. The molecule has 2 unspecified atom stereocenters. The number of benzene rings is 1. The SMILES string of the molecule is CCCCCCC(C)n1c(C(C)Cl)nc2c(Cl)cccc21. The number of hydrogen-bond acceptors (Lipinski definition) is 1. The number of aromatic nitrogens is 2. The van der Waals surface area contributed by atoms with Gasteiger partial charge in [0.2, 0.25) is 0 Å². The Labute approximate surface area is 137 Å². The number of hydrogen-bond donors (Lipinski definition) is 0. The Morgan fingerprint density at radius 3 is 2.62 bits per heavy atom. The summed E-state index contributed by atoms with van der Waals surface area (Å²) in [5, 5.41) is 0.578. The van der Waals surface area contributed by atoms with E-state index in [9.17, 15) is 0 Å². The van der Waals surface area contributed by atoms with Gasteiger partial charge < -0.3 is 4.57 Å². The Bertz CT molecular complexity index is 590. The zero-order valence-electron chi connectivity index (χ0n) is 13.1. The van der Waals surface area contributed by atoms with Crippen LogP contribution in [0.5, 0.6) is 0 Å². The van der Waals surface area contributed by atoms with Crippen LogP contribution in [0, 0.1) is 0 Å². The lowest BCUT2D eigenvalue weighted by Gasteiger charge is -2.18. The monoisotopic (exact) mass is 326 g/mol. The van der Waals surface area contributed by atoms with Gasteiger partial charge in [-0.05, 0) is 32.4 Å². The molecule has 0 aliphatic rings. The van der Waals surface area contributed by atoms with E-state index >= 15 is 0 Å². The van der Waals surface area contributed by atoms with Gasteiger partial charge >= 0.3 is 0 Å². The van der Waals surface area contributed by atoms with Crippen molar-refractivity contribution >= 4 is 34.2 Å². The summed E-state index contributed by atoms with van der Waals surface area (Å²) in [6, 6.07) is 6.34. The molecule has 0 fully saturated rings. The normalized spacial score (nSPS) is 14.5. The van der Waals surface area contributed by atoms with E-state index < -0.39 is 0 Å². The second kappa shape index (κ2) is 7.51. The number of halogens is 2. The van der Waals surface area contributed by atoms with Gasteiger partial charge in [-0.1, -0.05) is 50.3 Å². The first-order chi connectivity index (χ1) is 10.1. The third kappa shape index (κ3) is 3.73. The molecular formula is C17H24Cl2N2. The Morgan fingerprint density at radius 2 is 1.95 bits per heavy atom. The van der Waals surface area contributed by atoms with E-state index in [2.05, 4.69) is 29.5 Å². The molecule has 0 amide bonds. The number of para-hydroxylation sites is 1. The molecule has 2 aromatic rings. The van der Waals surface area contributed by atoms with Crippen LogP contribution in [0.1, 0.15) is 70.1 Å². The maximum atomic E-state index is 6.33.